The fourth-order valence-corrected chi connectivity index (χ4v) is 2.79. The summed E-state index contributed by atoms with van der Waals surface area (Å²) in [6.45, 7) is 2.38. The van der Waals surface area contributed by atoms with Gasteiger partial charge in [-0.3, -0.25) is 4.79 Å². The lowest BCUT2D eigenvalue weighted by Gasteiger charge is -2.17. The minimum absolute atomic E-state index is 0.0606. The maximum Gasteiger partial charge on any atom is 0.253 e. The van der Waals surface area contributed by atoms with Gasteiger partial charge >= 0.3 is 0 Å². The predicted octanol–water partition coefficient (Wildman–Crippen LogP) is 1.68. The number of amides is 1. The molecule has 0 saturated heterocycles. The average molecular weight is 305 g/mol. The number of hydrogen-bond donors (Lipinski definition) is 0. The summed E-state index contributed by atoms with van der Waals surface area (Å²) in [6.07, 6.45) is 0. The first-order valence-corrected chi connectivity index (χ1v) is 7.51. The van der Waals surface area contributed by atoms with Crippen molar-refractivity contribution in [3.63, 3.8) is 0 Å². The van der Waals surface area contributed by atoms with Gasteiger partial charge in [0.25, 0.3) is 5.91 Å². The van der Waals surface area contributed by atoms with E-state index in [1.54, 1.807) is 7.05 Å². The molecule has 0 atom stereocenters. The summed E-state index contributed by atoms with van der Waals surface area (Å²) >= 11 is 5.91. The Morgan fingerprint density at radius 1 is 1.26 bits per heavy atom. The molecular weight excluding hydrogens is 288 g/mol. The number of rotatable bonds is 4. The SMILES string of the molecule is CCN(C)C(=O)c1ccc(Cl)c(S(=O)(=O)N(C)C)c1. The zero-order valence-electron chi connectivity index (χ0n) is 11.3. The highest BCUT2D eigenvalue weighted by Gasteiger charge is 2.23. The predicted molar refractivity (Wildman–Crippen MR) is 75.0 cm³/mol. The van der Waals surface area contributed by atoms with Crippen LogP contribution in [-0.4, -0.2) is 51.2 Å². The van der Waals surface area contributed by atoms with E-state index in [1.807, 2.05) is 6.92 Å². The molecule has 7 heteroatoms. The van der Waals surface area contributed by atoms with Gasteiger partial charge in [-0.05, 0) is 25.1 Å². The summed E-state index contributed by atoms with van der Waals surface area (Å²) in [5.41, 5.74) is 0.300. The van der Waals surface area contributed by atoms with Crippen LogP contribution in [0.4, 0.5) is 0 Å². The fourth-order valence-electron chi connectivity index (χ4n) is 1.39. The van der Waals surface area contributed by atoms with Crippen LogP contribution < -0.4 is 0 Å². The molecule has 0 fully saturated rings. The Labute approximate surface area is 118 Å². The van der Waals surface area contributed by atoms with Crippen LogP contribution in [0.25, 0.3) is 0 Å². The molecule has 1 amide bonds. The largest absolute Gasteiger partial charge is 0.342 e. The van der Waals surface area contributed by atoms with Crippen LogP contribution in [0.3, 0.4) is 0 Å². The van der Waals surface area contributed by atoms with E-state index in [1.165, 1.54) is 37.2 Å². The van der Waals surface area contributed by atoms with Crippen molar-refractivity contribution < 1.29 is 13.2 Å². The molecule has 0 saturated carbocycles. The first-order chi connectivity index (χ1) is 8.71. The van der Waals surface area contributed by atoms with Crippen molar-refractivity contribution in [3.05, 3.63) is 28.8 Å². The quantitative estimate of drug-likeness (QED) is 0.850. The van der Waals surface area contributed by atoms with Crippen molar-refractivity contribution in [1.82, 2.24) is 9.21 Å². The number of benzene rings is 1. The monoisotopic (exact) mass is 304 g/mol. The van der Waals surface area contributed by atoms with Crippen LogP contribution in [0.5, 0.6) is 0 Å². The first-order valence-electron chi connectivity index (χ1n) is 5.69. The molecule has 1 aromatic rings. The van der Waals surface area contributed by atoms with E-state index in [4.69, 9.17) is 11.6 Å². The second-order valence-corrected chi connectivity index (χ2v) is 6.78. The Hall–Kier alpha value is -1.11. The van der Waals surface area contributed by atoms with Crippen LogP contribution in [0, 0.1) is 0 Å². The second kappa shape index (κ2) is 5.90. The van der Waals surface area contributed by atoms with Crippen LogP contribution in [0.15, 0.2) is 23.1 Å². The van der Waals surface area contributed by atoms with E-state index < -0.39 is 10.0 Å². The highest BCUT2D eigenvalue weighted by Crippen LogP contribution is 2.25. The zero-order chi connectivity index (χ0) is 14.8. The van der Waals surface area contributed by atoms with Gasteiger partial charge < -0.3 is 4.90 Å². The Kier molecular flexibility index (Phi) is 4.95. The lowest BCUT2D eigenvalue weighted by atomic mass is 10.2. The molecule has 1 rings (SSSR count). The van der Waals surface area contributed by atoms with Crippen LogP contribution in [-0.2, 0) is 10.0 Å². The number of halogens is 1. The molecule has 5 nitrogen and oxygen atoms in total. The highest BCUT2D eigenvalue weighted by atomic mass is 35.5. The number of hydrogen-bond acceptors (Lipinski definition) is 3. The molecule has 0 radical (unpaired) electrons. The Balaban J connectivity index is 3.34. The maximum absolute atomic E-state index is 12.1. The maximum atomic E-state index is 12.1. The highest BCUT2D eigenvalue weighted by molar-refractivity contribution is 7.89. The first kappa shape index (κ1) is 15.9. The lowest BCUT2D eigenvalue weighted by Crippen LogP contribution is -2.27. The molecule has 0 spiro atoms. The third-order valence-corrected chi connectivity index (χ3v) is 5.05. The molecule has 1 aromatic carbocycles. The molecule has 0 N–H and O–H groups in total. The van der Waals surface area contributed by atoms with Crippen molar-refractivity contribution in [1.29, 1.82) is 0 Å². The van der Waals surface area contributed by atoms with E-state index in [0.29, 0.717) is 12.1 Å². The van der Waals surface area contributed by atoms with E-state index in [0.717, 1.165) is 4.31 Å². The van der Waals surface area contributed by atoms with Gasteiger partial charge in [0.15, 0.2) is 0 Å². The second-order valence-electron chi connectivity index (χ2n) is 4.25. The van der Waals surface area contributed by atoms with Crippen LogP contribution >= 0.6 is 11.6 Å². The normalized spacial score (nSPS) is 11.7. The average Bonchev–Trinajstić information content (AvgIpc) is 2.37. The Morgan fingerprint density at radius 2 is 1.84 bits per heavy atom. The number of carbonyl (C=O) groups excluding carboxylic acids is 1. The van der Waals surface area contributed by atoms with E-state index in [2.05, 4.69) is 0 Å². The number of nitrogens with zero attached hydrogens (tertiary/aromatic N) is 2. The van der Waals surface area contributed by atoms with Crippen molar-refractivity contribution in [2.75, 3.05) is 27.7 Å². The van der Waals surface area contributed by atoms with Crippen molar-refractivity contribution in [2.24, 2.45) is 0 Å². The number of sulfonamides is 1. The summed E-state index contributed by atoms with van der Waals surface area (Å²) in [6, 6.07) is 4.26. The lowest BCUT2D eigenvalue weighted by molar-refractivity contribution is 0.0802. The van der Waals surface area contributed by atoms with E-state index in [9.17, 15) is 13.2 Å². The van der Waals surface area contributed by atoms with E-state index >= 15 is 0 Å². The third kappa shape index (κ3) is 3.26. The van der Waals surface area contributed by atoms with Crippen LogP contribution in [0.2, 0.25) is 5.02 Å². The molecule has 0 aliphatic carbocycles. The molecule has 0 aliphatic rings. The zero-order valence-corrected chi connectivity index (χ0v) is 12.9. The van der Waals surface area contributed by atoms with Crippen LogP contribution in [0.1, 0.15) is 17.3 Å². The van der Waals surface area contributed by atoms with Gasteiger partial charge in [-0.2, -0.15) is 0 Å². The van der Waals surface area contributed by atoms with Gasteiger partial charge in [0.05, 0.1) is 5.02 Å². The van der Waals surface area contributed by atoms with Gasteiger partial charge in [-0.25, -0.2) is 12.7 Å². The Bertz CT molecular complexity index is 585. The van der Waals surface area contributed by atoms with Crippen molar-refractivity contribution >= 4 is 27.5 Å². The standard InChI is InChI=1S/C12H17ClN2O3S/c1-5-15(4)12(16)9-6-7-10(13)11(8-9)19(17,18)14(2)3/h6-8H,5H2,1-4H3. The molecular formula is C12H17ClN2O3S. The minimum Gasteiger partial charge on any atom is -0.342 e. The molecule has 0 bridgehead atoms. The topological polar surface area (TPSA) is 57.7 Å². The molecule has 19 heavy (non-hydrogen) atoms. The Morgan fingerprint density at radius 3 is 2.32 bits per heavy atom. The molecule has 0 heterocycles. The smallest absolute Gasteiger partial charge is 0.253 e. The summed E-state index contributed by atoms with van der Waals surface area (Å²) in [5.74, 6) is -0.241. The molecule has 0 unspecified atom stereocenters. The summed E-state index contributed by atoms with van der Waals surface area (Å²) in [5, 5.41) is 0.101. The third-order valence-electron chi connectivity index (χ3n) is 2.76. The van der Waals surface area contributed by atoms with Gasteiger partial charge in [-0.15, -0.1) is 0 Å². The summed E-state index contributed by atoms with van der Waals surface area (Å²) < 4.78 is 25.2. The fraction of sp³-hybridized carbons (Fsp3) is 0.417. The summed E-state index contributed by atoms with van der Waals surface area (Å²) in [7, 11) is 0.815. The number of carbonyl (C=O) groups is 1. The van der Waals surface area contributed by atoms with Gasteiger partial charge in [0, 0.05) is 33.3 Å². The van der Waals surface area contributed by atoms with Gasteiger partial charge in [0.2, 0.25) is 10.0 Å². The van der Waals surface area contributed by atoms with Crippen molar-refractivity contribution in [2.45, 2.75) is 11.8 Å². The molecule has 106 valence electrons. The van der Waals surface area contributed by atoms with Gasteiger partial charge in [-0.1, -0.05) is 11.6 Å². The van der Waals surface area contributed by atoms with Gasteiger partial charge in [0.1, 0.15) is 4.90 Å². The van der Waals surface area contributed by atoms with Crippen molar-refractivity contribution in [3.8, 4) is 0 Å². The van der Waals surface area contributed by atoms with E-state index in [-0.39, 0.29) is 15.8 Å². The molecule has 0 aromatic heterocycles. The molecule has 0 aliphatic heterocycles. The minimum atomic E-state index is -3.67. The summed E-state index contributed by atoms with van der Waals surface area (Å²) in [4.78, 5) is 13.4.